The fraction of sp³-hybridized carbons (Fsp3) is 0.300. The van der Waals surface area contributed by atoms with E-state index in [4.69, 9.17) is 4.74 Å². The van der Waals surface area contributed by atoms with Crippen molar-refractivity contribution >= 4 is 0 Å². The van der Waals surface area contributed by atoms with Crippen molar-refractivity contribution in [1.82, 2.24) is 0 Å². The van der Waals surface area contributed by atoms with Crippen LogP contribution in [0.25, 0.3) is 11.1 Å². The number of halogens is 5. The van der Waals surface area contributed by atoms with Gasteiger partial charge in [-0.25, -0.2) is 17.6 Å². The van der Waals surface area contributed by atoms with Crippen LogP contribution in [-0.2, 0) is 6.42 Å². The van der Waals surface area contributed by atoms with Gasteiger partial charge in [-0.15, -0.1) is 0 Å². The maximum absolute atomic E-state index is 14.4. The van der Waals surface area contributed by atoms with Gasteiger partial charge >= 0.3 is 0 Å². The van der Waals surface area contributed by atoms with Gasteiger partial charge in [-0.2, -0.15) is 4.39 Å². The average molecular weight is 370 g/mol. The molecule has 0 bridgehead atoms. The lowest BCUT2D eigenvalue weighted by atomic mass is 9.99. The second-order valence-corrected chi connectivity index (χ2v) is 5.76. The van der Waals surface area contributed by atoms with Crippen molar-refractivity contribution in [3.8, 4) is 16.9 Å². The fourth-order valence-corrected chi connectivity index (χ4v) is 2.59. The Morgan fingerprint density at radius 3 is 2.15 bits per heavy atom. The quantitative estimate of drug-likeness (QED) is 0.399. The molecule has 6 heteroatoms. The molecule has 140 valence electrons. The molecule has 0 amide bonds. The lowest BCUT2D eigenvalue weighted by Crippen LogP contribution is -2.01. The van der Waals surface area contributed by atoms with Gasteiger partial charge in [0.25, 0.3) is 0 Å². The highest BCUT2D eigenvalue weighted by atomic mass is 19.2. The first-order valence-electron chi connectivity index (χ1n) is 8.27. The van der Waals surface area contributed by atoms with Crippen molar-refractivity contribution in [3.63, 3.8) is 0 Å². The lowest BCUT2D eigenvalue weighted by Gasteiger charge is -2.12. The second-order valence-electron chi connectivity index (χ2n) is 5.76. The van der Waals surface area contributed by atoms with Crippen molar-refractivity contribution in [3.05, 3.63) is 65.0 Å². The van der Waals surface area contributed by atoms with Crippen LogP contribution in [0.1, 0.15) is 32.3 Å². The first-order chi connectivity index (χ1) is 12.4. The normalized spacial score (nSPS) is 11.7. The summed E-state index contributed by atoms with van der Waals surface area (Å²) in [5, 5.41) is 0. The Kier molecular flexibility index (Phi) is 6.77. The third kappa shape index (κ3) is 4.42. The van der Waals surface area contributed by atoms with Gasteiger partial charge in [-0.1, -0.05) is 18.2 Å². The largest absolute Gasteiger partial charge is 0.491 e. The zero-order chi connectivity index (χ0) is 19.3. The molecule has 0 atom stereocenters. The first kappa shape index (κ1) is 19.9. The zero-order valence-electron chi connectivity index (χ0n) is 14.5. The van der Waals surface area contributed by atoms with Crippen molar-refractivity contribution in [1.29, 1.82) is 0 Å². The number of rotatable bonds is 7. The van der Waals surface area contributed by atoms with E-state index in [2.05, 4.69) is 0 Å². The minimum atomic E-state index is -1.30. The number of hydrogen-bond donors (Lipinski definition) is 0. The summed E-state index contributed by atoms with van der Waals surface area (Å²) in [5.41, 5.74) is -0.655. The van der Waals surface area contributed by atoms with E-state index in [1.807, 2.05) is 0 Å². The zero-order valence-corrected chi connectivity index (χ0v) is 14.5. The molecule has 2 aromatic carbocycles. The number of ether oxygens (including phenoxy) is 1. The summed E-state index contributed by atoms with van der Waals surface area (Å²) < 4.78 is 74.4. The smallest absolute Gasteiger partial charge is 0.201 e. The Labute approximate surface area is 149 Å². The molecule has 0 aliphatic carbocycles. The van der Waals surface area contributed by atoms with Crippen LogP contribution in [0, 0.1) is 23.3 Å². The van der Waals surface area contributed by atoms with Gasteiger partial charge in [0, 0.05) is 11.1 Å². The lowest BCUT2D eigenvalue weighted by molar-refractivity contribution is 0.314. The van der Waals surface area contributed by atoms with Gasteiger partial charge in [0.2, 0.25) is 5.82 Å². The highest BCUT2D eigenvalue weighted by Crippen LogP contribution is 2.33. The van der Waals surface area contributed by atoms with Crippen LogP contribution >= 0.6 is 0 Å². The molecule has 0 fully saturated rings. The highest BCUT2D eigenvalue weighted by Gasteiger charge is 2.21. The average Bonchev–Trinajstić information content (AvgIpc) is 2.60. The Bertz CT molecular complexity index is 810. The van der Waals surface area contributed by atoms with Crippen LogP contribution in [0.5, 0.6) is 5.75 Å². The van der Waals surface area contributed by atoms with E-state index in [-0.39, 0.29) is 41.3 Å². The van der Waals surface area contributed by atoms with Gasteiger partial charge in [0.05, 0.1) is 12.4 Å². The molecule has 1 nitrogen and oxygen atoms in total. The van der Waals surface area contributed by atoms with Gasteiger partial charge in [0.1, 0.15) is 0 Å². The summed E-state index contributed by atoms with van der Waals surface area (Å²) >= 11 is 0. The summed E-state index contributed by atoms with van der Waals surface area (Å²) in [6.45, 7) is 3.06. The molecular weight excluding hydrogens is 351 g/mol. The van der Waals surface area contributed by atoms with Crippen molar-refractivity contribution in [2.24, 2.45) is 0 Å². The molecule has 0 aliphatic rings. The Hall–Kier alpha value is -2.37. The number of unbranched alkanes of at least 4 members (excludes halogenated alkanes) is 1. The van der Waals surface area contributed by atoms with Crippen LogP contribution in [0.15, 0.2) is 36.2 Å². The van der Waals surface area contributed by atoms with Crippen molar-refractivity contribution in [2.45, 2.75) is 33.1 Å². The minimum absolute atomic E-state index is 0.1000. The topological polar surface area (TPSA) is 9.23 Å². The Morgan fingerprint density at radius 2 is 1.54 bits per heavy atom. The SMILES string of the molecule is CCOc1ccc(-c2ccc(CCC/C=C(/C)F)c(F)c2F)c(F)c1F. The molecule has 26 heavy (non-hydrogen) atoms. The van der Waals surface area contributed by atoms with Crippen LogP contribution in [0.3, 0.4) is 0 Å². The molecule has 0 spiro atoms. The van der Waals surface area contributed by atoms with Gasteiger partial charge in [0.15, 0.2) is 23.2 Å². The predicted molar refractivity (Wildman–Crippen MR) is 90.7 cm³/mol. The van der Waals surface area contributed by atoms with Crippen LogP contribution < -0.4 is 4.74 Å². The number of aryl methyl sites for hydroxylation is 1. The van der Waals surface area contributed by atoms with E-state index in [0.29, 0.717) is 12.8 Å². The molecule has 0 N–H and O–H groups in total. The van der Waals surface area contributed by atoms with Gasteiger partial charge in [-0.05, 0) is 50.8 Å². The van der Waals surface area contributed by atoms with E-state index in [0.717, 1.165) is 6.07 Å². The molecule has 2 rings (SSSR count). The summed E-state index contributed by atoms with van der Waals surface area (Å²) in [4.78, 5) is 0. The summed E-state index contributed by atoms with van der Waals surface area (Å²) in [5.74, 6) is -5.53. The summed E-state index contributed by atoms with van der Waals surface area (Å²) in [6, 6.07) is 4.86. The third-order valence-corrected chi connectivity index (χ3v) is 3.88. The van der Waals surface area contributed by atoms with Crippen LogP contribution in [-0.4, -0.2) is 6.61 Å². The number of benzene rings is 2. The molecule has 0 radical (unpaired) electrons. The summed E-state index contributed by atoms with van der Waals surface area (Å²) in [6.07, 6.45) is 2.39. The van der Waals surface area contributed by atoms with E-state index in [1.165, 1.54) is 31.2 Å². The van der Waals surface area contributed by atoms with Crippen LogP contribution in [0.2, 0.25) is 0 Å². The van der Waals surface area contributed by atoms with Gasteiger partial charge in [-0.3, -0.25) is 0 Å². The summed E-state index contributed by atoms with van der Waals surface area (Å²) in [7, 11) is 0. The minimum Gasteiger partial charge on any atom is -0.491 e. The molecule has 0 saturated heterocycles. The van der Waals surface area contributed by atoms with Crippen molar-refractivity contribution in [2.75, 3.05) is 6.61 Å². The fourth-order valence-electron chi connectivity index (χ4n) is 2.59. The molecule has 0 saturated carbocycles. The first-order valence-corrected chi connectivity index (χ1v) is 8.27. The maximum atomic E-state index is 14.4. The van der Waals surface area contributed by atoms with E-state index < -0.39 is 23.3 Å². The third-order valence-electron chi connectivity index (χ3n) is 3.88. The second kappa shape index (κ2) is 8.83. The Balaban J connectivity index is 2.30. The van der Waals surface area contributed by atoms with E-state index in [1.54, 1.807) is 6.92 Å². The monoisotopic (exact) mass is 370 g/mol. The highest BCUT2D eigenvalue weighted by molar-refractivity contribution is 5.66. The molecular formula is C20H19F5O. The standard InChI is InChI=1S/C20H19F5O/c1-3-26-16-11-10-15(19(24)20(16)25)14-9-8-13(17(22)18(14)23)7-5-4-6-12(2)21/h6,8-11H,3-5,7H2,1-2H3/b12-6-. The Morgan fingerprint density at radius 1 is 0.923 bits per heavy atom. The van der Waals surface area contributed by atoms with Crippen molar-refractivity contribution < 1.29 is 26.7 Å². The number of allylic oxidation sites excluding steroid dienone is 2. The van der Waals surface area contributed by atoms with E-state index in [9.17, 15) is 22.0 Å². The maximum Gasteiger partial charge on any atom is 0.201 e. The molecule has 0 unspecified atom stereocenters. The molecule has 0 aromatic heterocycles. The molecule has 0 aliphatic heterocycles. The van der Waals surface area contributed by atoms with Crippen LogP contribution in [0.4, 0.5) is 22.0 Å². The number of hydrogen-bond acceptors (Lipinski definition) is 1. The molecule has 0 heterocycles. The van der Waals surface area contributed by atoms with Gasteiger partial charge < -0.3 is 4.74 Å². The molecule has 2 aromatic rings. The van der Waals surface area contributed by atoms with E-state index >= 15 is 0 Å². The predicted octanol–water partition coefficient (Wildman–Crippen LogP) is 6.50.